The average molecular weight is 280 g/mol. The molecule has 2 fully saturated rings. The largest absolute Gasteiger partial charge is 0.382 e. The van der Waals surface area contributed by atoms with Crippen molar-refractivity contribution in [3.63, 3.8) is 0 Å². The van der Waals surface area contributed by atoms with Gasteiger partial charge in [-0.05, 0) is 49.1 Å². The number of hydrogen-bond donors (Lipinski definition) is 3. The number of nitrogens with one attached hydrogen (secondary N) is 2. The van der Waals surface area contributed by atoms with Crippen molar-refractivity contribution in [2.45, 2.75) is 38.6 Å². The van der Waals surface area contributed by atoms with Gasteiger partial charge in [-0.1, -0.05) is 6.92 Å². The topological polar surface area (TPSA) is 80.0 Å². The summed E-state index contributed by atoms with van der Waals surface area (Å²) in [5.41, 5.74) is 6.34. The third-order valence-electron chi connectivity index (χ3n) is 3.87. The van der Waals surface area contributed by atoms with Crippen LogP contribution < -0.4 is 16.4 Å². The first kappa shape index (κ1) is 12.7. The Morgan fingerprint density at radius 2 is 2.21 bits per heavy atom. The molecule has 0 bridgehead atoms. The Hall–Kier alpha value is -1.30. The maximum absolute atomic E-state index is 12.1. The zero-order valence-corrected chi connectivity index (χ0v) is 11.9. The van der Waals surface area contributed by atoms with Gasteiger partial charge in [-0.2, -0.15) is 4.37 Å². The molecule has 0 aliphatic heterocycles. The van der Waals surface area contributed by atoms with E-state index < -0.39 is 0 Å². The number of aromatic nitrogens is 1. The van der Waals surface area contributed by atoms with Crippen molar-refractivity contribution in [2.24, 2.45) is 11.8 Å². The molecular formula is C13H20N4OS. The van der Waals surface area contributed by atoms with Gasteiger partial charge >= 0.3 is 0 Å². The third kappa shape index (κ3) is 3.00. The molecule has 6 heteroatoms. The summed E-state index contributed by atoms with van der Waals surface area (Å²) in [7, 11) is 0. The summed E-state index contributed by atoms with van der Waals surface area (Å²) in [5, 5.41) is 7.12. The van der Waals surface area contributed by atoms with E-state index in [1.807, 2.05) is 0 Å². The maximum atomic E-state index is 12.1. The first-order valence-corrected chi connectivity index (χ1v) is 7.72. The Labute approximate surface area is 117 Å². The molecule has 5 nitrogen and oxygen atoms in total. The van der Waals surface area contributed by atoms with Gasteiger partial charge in [0.2, 0.25) is 0 Å². The summed E-state index contributed by atoms with van der Waals surface area (Å²) in [6, 6.07) is 0.338. The molecule has 0 aromatic carbocycles. The predicted molar refractivity (Wildman–Crippen MR) is 77.4 cm³/mol. The highest BCUT2D eigenvalue weighted by Crippen LogP contribution is 2.37. The van der Waals surface area contributed by atoms with E-state index in [1.165, 1.54) is 24.4 Å². The molecule has 2 saturated carbocycles. The Kier molecular flexibility index (Phi) is 3.35. The van der Waals surface area contributed by atoms with E-state index in [9.17, 15) is 4.79 Å². The van der Waals surface area contributed by atoms with Crippen molar-refractivity contribution in [2.75, 3.05) is 17.6 Å². The van der Waals surface area contributed by atoms with Crippen LogP contribution in [-0.4, -0.2) is 22.9 Å². The Morgan fingerprint density at radius 3 is 2.84 bits per heavy atom. The van der Waals surface area contributed by atoms with E-state index in [-0.39, 0.29) is 5.91 Å². The van der Waals surface area contributed by atoms with Gasteiger partial charge in [0, 0.05) is 12.6 Å². The smallest absolute Gasteiger partial charge is 0.258 e. The maximum Gasteiger partial charge on any atom is 0.258 e. The number of carbonyl (C=O) groups excluding carboxylic acids is 1. The fourth-order valence-electron chi connectivity index (χ4n) is 2.21. The number of anilines is 2. The molecule has 0 saturated heterocycles. The quantitative estimate of drug-likeness (QED) is 0.745. The molecule has 19 heavy (non-hydrogen) atoms. The van der Waals surface area contributed by atoms with Gasteiger partial charge in [-0.25, -0.2) is 0 Å². The van der Waals surface area contributed by atoms with E-state index >= 15 is 0 Å². The fourth-order valence-corrected chi connectivity index (χ4v) is 2.93. The molecule has 3 rings (SSSR count). The summed E-state index contributed by atoms with van der Waals surface area (Å²) < 4.78 is 4.10. The van der Waals surface area contributed by atoms with Crippen LogP contribution in [0.25, 0.3) is 0 Å². The van der Waals surface area contributed by atoms with Crippen molar-refractivity contribution in [1.29, 1.82) is 0 Å². The Morgan fingerprint density at radius 1 is 1.47 bits per heavy atom. The second-order valence-corrected chi connectivity index (χ2v) is 6.49. The number of nitrogens with two attached hydrogens (primary N) is 1. The number of rotatable bonds is 6. The minimum Gasteiger partial charge on any atom is -0.382 e. The van der Waals surface area contributed by atoms with Crippen molar-refractivity contribution in [3.05, 3.63) is 5.56 Å². The van der Waals surface area contributed by atoms with Gasteiger partial charge in [-0.15, -0.1) is 0 Å². The zero-order chi connectivity index (χ0) is 13.4. The zero-order valence-electron chi connectivity index (χ0n) is 11.1. The van der Waals surface area contributed by atoms with Crippen LogP contribution in [0, 0.1) is 11.8 Å². The van der Waals surface area contributed by atoms with Crippen molar-refractivity contribution in [3.8, 4) is 0 Å². The van der Waals surface area contributed by atoms with Crippen molar-refractivity contribution < 1.29 is 4.79 Å². The highest BCUT2D eigenvalue weighted by Gasteiger charge is 2.29. The summed E-state index contributed by atoms with van der Waals surface area (Å²) in [6.45, 7) is 3.13. The minimum atomic E-state index is -0.0877. The molecule has 1 atom stereocenters. The molecular weight excluding hydrogens is 260 g/mol. The van der Waals surface area contributed by atoms with E-state index in [4.69, 9.17) is 5.73 Å². The van der Waals surface area contributed by atoms with Gasteiger partial charge in [0.15, 0.2) is 5.82 Å². The highest BCUT2D eigenvalue weighted by molar-refractivity contribution is 7.11. The van der Waals surface area contributed by atoms with Crippen LogP contribution in [0.1, 0.15) is 43.0 Å². The van der Waals surface area contributed by atoms with E-state index in [0.29, 0.717) is 23.3 Å². The van der Waals surface area contributed by atoms with Gasteiger partial charge in [0.05, 0.1) is 0 Å². The lowest BCUT2D eigenvalue weighted by atomic mass is 10.1. The number of hydrogen-bond acceptors (Lipinski definition) is 5. The number of carbonyl (C=O) groups is 1. The third-order valence-corrected chi connectivity index (χ3v) is 4.69. The first-order chi connectivity index (χ1) is 9.15. The monoisotopic (exact) mass is 280 g/mol. The molecule has 0 spiro atoms. The van der Waals surface area contributed by atoms with Gasteiger partial charge < -0.3 is 16.4 Å². The molecule has 1 heterocycles. The summed E-state index contributed by atoms with van der Waals surface area (Å²) >= 11 is 1.28. The normalized spacial score (nSPS) is 20.1. The Bertz CT molecular complexity index is 479. The van der Waals surface area contributed by atoms with Crippen LogP contribution in [0.3, 0.4) is 0 Å². The molecule has 2 aliphatic carbocycles. The molecule has 104 valence electrons. The summed E-state index contributed by atoms with van der Waals surface area (Å²) in [4.78, 5) is 12.1. The number of nitrogen functional groups attached to an aromatic ring is 1. The van der Waals surface area contributed by atoms with Crippen LogP contribution in [0.4, 0.5) is 10.8 Å². The Balaban J connectivity index is 1.64. The molecule has 1 unspecified atom stereocenters. The molecule has 1 aromatic rings. The SMILES string of the molecule is CC(CNc1snc(N)c1C(=O)NC1CC1)C1CC1. The lowest BCUT2D eigenvalue weighted by molar-refractivity contribution is 0.0953. The molecule has 1 aromatic heterocycles. The van der Waals surface area contributed by atoms with Crippen molar-refractivity contribution in [1.82, 2.24) is 9.69 Å². The van der Waals surface area contributed by atoms with E-state index in [2.05, 4.69) is 21.9 Å². The second-order valence-electron chi connectivity index (χ2n) is 5.72. The fraction of sp³-hybridized carbons (Fsp3) is 0.692. The van der Waals surface area contributed by atoms with Crippen LogP contribution in [0.5, 0.6) is 0 Å². The second kappa shape index (κ2) is 5.00. The van der Waals surface area contributed by atoms with Crippen molar-refractivity contribution >= 4 is 28.3 Å². The standard InChI is InChI=1S/C13H20N4OS/c1-7(8-2-3-8)6-15-13-10(11(14)17-19-13)12(18)16-9-4-5-9/h7-9,15H,2-6H2,1H3,(H2,14,17)(H,16,18). The lowest BCUT2D eigenvalue weighted by Crippen LogP contribution is -2.27. The lowest BCUT2D eigenvalue weighted by Gasteiger charge is -2.12. The predicted octanol–water partition coefficient (Wildman–Crippen LogP) is 2.08. The van der Waals surface area contributed by atoms with Gasteiger partial charge in [-0.3, -0.25) is 4.79 Å². The van der Waals surface area contributed by atoms with Crippen LogP contribution >= 0.6 is 11.5 Å². The van der Waals surface area contributed by atoms with Crippen LogP contribution in [0.15, 0.2) is 0 Å². The minimum absolute atomic E-state index is 0.0877. The summed E-state index contributed by atoms with van der Waals surface area (Å²) in [5.74, 6) is 1.74. The molecule has 2 aliphatic rings. The average Bonchev–Trinajstić information content (AvgIpc) is 3.25. The number of amides is 1. The van der Waals surface area contributed by atoms with Gasteiger partial charge in [0.25, 0.3) is 5.91 Å². The van der Waals surface area contributed by atoms with E-state index in [0.717, 1.165) is 30.3 Å². The molecule has 4 N–H and O–H groups in total. The summed E-state index contributed by atoms with van der Waals surface area (Å²) in [6.07, 6.45) is 4.82. The first-order valence-electron chi connectivity index (χ1n) is 6.95. The highest BCUT2D eigenvalue weighted by atomic mass is 32.1. The van der Waals surface area contributed by atoms with Crippen LogP contribution in [0.2, 0.25) is 0 Å². The molecule has 0 radical (unpaired) electrons. The number of nitrogens with zero attached hydrogens (tertiary/aromatic N) is 1. The van der Waals surface area contributed by atoms with Crippen LogP contribution in [-0.2, 0) is 0 Å². The molecule has 1 amide bonds. The van der Waals surface area contributed by atoms with E-state index in [1.54, 1.807) is 0 Å². The van der Waals surface area contributed by atoms with Gasteiger partial charge in [0.1, 0.15) is 10.6 Å².